The molecule has 0 amide bonds. The van der Waals surface area contributed by atoms with Gasteiger partial charge in [0.05, 0.1) is 5.84 Å². The number of nitrogens with two attached hydrogens (primary N) is 1. The highest BCUT2D eigenvalue weighted by molar-refractivity contribution is 9.10. The van der Waals surface area contributed by atoms with Crippen LogP contribution in [0.3, 0.4) is 0 Å². The number of rotatable bonds is 2. The summed E-state index contributed by atoms with van der Waals surface area (Å²) in [6.45, 7) is 1.33. The van der Waals surface area contributed by atoms with Crippen LogP contribution in [0.15, 0.2) is 16.7 Å². The number of anilines is 1. The Hall–Kier alpha value is -1.17. The molecule has 1 fully saturated rings. The maximum atomic E-state index is 13.7. The van der Waals surface area contributed by atoms with E-state index in [2.05, 4.69) is 20.9 Å². The third-order valence-corrected chi connectivity index (χ3v) is 3.38. The van der Waals surface area contributed by atoms with E-state index >= 15 is 0 Å². The van der Waals surface area contributed by atoms with Crippen LogP contribution in [-0.2, 0) is 0 Å². The zero-order chi connectivity index (χ0) is 12.4. The van der Waals surface area contributed by atoms with Crippen molar-refractivity contribution in [2.75, 3.05) is 18.0 Å². The van der Waals surface area contributed by atoms with Crippen LogP contribution in [-0.4, -0.2) is 23.9 Å². The lowest BCUT2D eigenvalue weighted by Gasteiger charge is -2.33. The lowest BCUT2D eigenvalue weighted by molar-refractivity contribution is 0.490. The first-order chi connectivity index (χ1) is 8.08. The van der Waals surface area contributed by atoms with Gasteiger partial charge >= 0.3 is 0 Å². The topological polar surface area (TPSA) is 66.0 Å². The molecule has 0 saturated carbocycles. The highest BCUT2D eigenvalue weighted by atomic mass is 79.9. The molecule has 0 radical (unpaired) electrons. The zero-order valence-electron chi connectivity index (χ0n) is 9.29. The molecule has 0 aliphatic carbocycles. The van der Waals surface area contributed by atoms with Gasteiger partial charge < -0.3 is 10.6 Å². The van der Waals surface area contributed by atoms with E-state index in [0.717, 1.165) is 19.4 Å². The first-order valence-electron chi connectivity index (χ1n) is 5.48. The van der Waals surface area contributed by atoms with Crippen LogP contribution in [0.25, 0.3) is 0 Å². The summed E-state index contributed by atoms with van der Waals surface area (Å²) < 4.78 is 14.4. The fourth-order valence-corrected chi connectivity index (χ4v) is 2.37. The summed E-state index contributed by atoms with van der Waals surface area (Å²) in [5.41, 5.74) is 5.50. The average molecular weight is 301 g/mol. The Kier molecular flexibility index (Phi) is 3.61. The Balaban J connectivity index is 2.19. The fraction of sp³-hybridized carbons (Fsp3) is 0.455. The number of nitrogens with zero attached hydrogens (tertiary/aromatic N) is 2. The van der Waals surface area contributed by atoms with Crippen molar-refractivity contribution in [1.82, 2.24) is 4.98 Å². The van der Waals surface area contributed by atoms with E-state index in [1.807, 2.05) is 4.90 Å². The molecule has 3 N–H and O–H groups in total. The second kappa shape index (κ2) is 5.00. The Bertz CT molecular complexity index is 437. The minimum absolute atomic E-state index is 0.00796. The van der Waals surface area contributed by atoms with Crippen molar-refractivity contribution in [3.05, 3.63) is 22.6 Å². The lowest BCUT2D eigenvalue weighted by Crippen LogP contribution is -2.41. The molecule has 0 spiro atoms. The summed E-state index contributed by atoms with van der Waals surface area (Å²) in [6.07, 6.45) is 3.38. The minimum Gasteiger partial charge on any atom is -0.387 e. The summed E-state index contributed by atoms with van der Waals surface area (Å²) in [5, 5.41) is 7.46. The Labute approximate surface area is 108 Å². The van der Waals surface area contributed by atoms with Crippen molar-refractivity contribution in [2.24, 2.45) is 11.7 Å². The largest absolute Gasteiger partial charge is 0.387 e. The van der Waals surface area contributed by atoms with Gasteiger partial charge in [-0.1, -0.05) is 0 Å². The normalized spacial score (nSPS) is 20.4. The molecule has 6 heteroatoms. The minimum atomic E-state index is -0.344. The van der Waals surface area contributed by atoms with Crippen molar-refractivity contribution in [2.45, 2.75) is 12.8 Å². The van der Waals surface area contributed by atoms with Gasteiger partial charge in [-0.25, -0.2) is 9.37 Å². The molecule has 1 aromatic rings. The van der Waals surface area contributed by atoms with Crippen molar-refractivity contribution in [3.63, 3.8) is 0 Å². The molecule has 1 atom stereocenters. The quantitative estimate of drug-likeness (QED) is 0.649. The molecule has 2 rings (SSSR count). The van der Waals surface area contributed by atoms with Crippen molar-refractivity contribution < 1.29 is 4.39 Å². The highest BCUT2D eigenvalue weighted by Crippen LogP contribution is 2.25. The summed E-state index contributed by atoms with van der Waals surface area (Å²) in [7, 11) is 0. The molecule has 0 bridgehead atoms. The Morgan fingerprint density at radius 1 is 1.65 bits per heavy atom. The number of hydrogen-bond donors (Lipinski definition) is 2. The van der Waals surface area contributed by atoms with Crippen LogP contribution >= 0.6 is 15.9 Å². The second-order valence-electron chi connectivity index (χ2n) is 4.20. The molecule has 1 aliphatic rings. The van der Waals surface area contributed by atoms with Gasteiger partial charge in [-0.3, -0.25) is 5.41 Å². The molecular formula is C11H14BrFN4. The van der Waals surface area contributed by atoms with Crippen molar-refractivity contribution in [1.29, 1.82) is 5.41 Å². The van der Waals surface area contributed by atoms with Crippen LogP contribution in [0.2, 0.25) is 0 Å². The van der Waals surface area contributed by atoms with Crippen LogP contribution in [0, 0.1) is 17.1 Å². The first-order valence-corrected chi connectivity index (χ1v) is 6.27. The van der Waals surface area contributed by atoms with E-state index in [-0.39, 0.29) is 17.6 Å². The van der Waals surface area contributed by atoms with Gasteiger partial charge in [0.1, 0.15) is 0 Å². The molecule has 0 aromatic carbocycles. The zero-order valence-corrected chi connectivity index (χ0v) is 10.9. The monoisotopic (exact) mass is 300 g/mol. The smallest absolute Gasteiger partial charge is 0.166 e. The molecule has 92 valence electrons. The molecule has 4 nitrogen and oxygen atoms in total. The van der Waals surface area contributed by atoms with E-state index in [9.17, 15) is 4.39 Å². The standard InChI is InChI=1S/C11H14BrFN4/c12-8-4-9(13)11(16-5-8)17-3-1-2-7(6-17)10(14)15/h4-5,7H,1-3,6H2,(H3,14,15). The number of piperidine rings is 1. The van der Waals surface area contributed by atoms with Gasteiger partial charge in [0.15, 0.2) is 11.6 Å². The molecule has 1 unspecified atom stereocenters. The highest BCUT2D eigenvalue weighted by Gasteiger charge is 2.24. The molecule has 1 aliphatic heterocycles. The molecule has 1 aromatic heterocycles. The number of pyridine rings is 1. The average Bonchev–Trinajstić information content (AvgIpc) is 2.29. The summed E-state index contributed by atoms with van der Waals surface area (Å²) >= 11 is 3.18. The molecular weight excluding hydrogens is 287 g/mol. The van der Waals surface area contributed by atoms with Gasteiger partial charge in [0, 0.05) is 29.7 Å². The van der Waals surface area contributed by atoms with Crippen molar-refractivity contribution in [3.8, 4) is 0 Å². The van der Waals surface area contributed by atoms with Gasteiger partial charge in [-0.05, 0) is 34.8 Å². The number of halogens is 2. The number of nitrogens with one attached hydrogen (secondary N) is 1. The molecule has 1 saturated heterocycles. The van der Waals surface area contributed by atoms with E-state index < -0.39 is 0 Å². The van der Waals surface area contributed by atoms with Crippen LogP contribution in [0.1, 0.15) is 12.8 Å². The van der Waals surface area contributed by atoms with Gasteiger partial charge in [0.2, 0.25) is 0 Å². The lowest BCUT2D eigenvalue weighted by atomic mass is 9.97. The fourth-order valence-electron chi connectivity index (χ4n) is 2.06. The SMILES string of the molecule is N=C(N)C1CCCN(c2ncc(Br)cc2F)C1. The number of amidine groups is 1. The summed E-state index contributed by atoms with van der Waals surface area (Å²) in [6, 6.07) is 1.40. The molecule has 2 heterocycles. The van der Waals surface area contributed by atoms with Crippen LogP contribution < -0.4 is 10.6 Å². The van der Waals surface area contributed by atoms with Crippen LogP contribution in [0.4, 0.5) is 10.2 Å². The Morgan fingerprint density at radius 2 is 2.41 bits per heavy atom. The third kappa shape index (κ3) is 2.74. The first kappa shape index (κ1) is 12.3. The predicted molar refractivity (Wildman–Crippen MR) is 68.7 cm³/mol. The predicted octanol–water partition coefficient (Wildman–Crippen LogP) is 2.14. The molecule has 17 heavy (non-hydrogen) atoms. The second-order valence-corrected chi connectivity index (χ2v) is 5.12. The van der Waals surface area contributed by atoms with E-state index in [0.29, 0.717) is 16.8 Å². The van der Waals surface area contributed by atoms with Crippen molar-refractivity contribution >= 4 is 27.6 Å². The maximum Gasteiger partial charge on any atom is 0.166 e. The summed E-state index contributed by atoms with van der Waals surface area (Å²) in [5.74, 6) is 0.184. The van der Waals surface area contributed by atoms with E-state index in [4.69, 9.17) is 11.1 Å². The van der Waals surface area contributed by atoms with Gasteiger partial charge in [-0.15, -0.1) is 0 Å². The maximum absolute atomic E-state index is 13.7. The Morgan fingerprint density at radius 3 is 3.06 bits per heavy atom. The van der Waals surface area contributed by atoms with Gasteiger partial charge in [0.25, 0.3) is 0 Å². The number of aromatic nitrogens is 1. The van der Waals surface area contributed by atoms with Crippen LogP contribution in [0.5, 0.6) is 0 Å². The number of hydrogen-bond acceptors (Lipinski definition) is 3. The summed E-state index contributed by atoms with van der Waals surface area (Å²) in [4.78, 5) is 5.95. The van der Waals surface area contributed by atoms with Gasteiger partial charge in [-0.2, -0.15) is 0 Å². The third-order valence-electron chi connectivity index (χ3n) is 2.95. The van der Waals surface area contributed by atoms with E-state index in [1.54, 1.807) is 6.20 Å². The van der Waals surface area contributed by atoms with E-state index in [1.165, 1.54) is 6.07 Å².